The van der Waals surface area contributed by atoms with Crippen LogP contribution in [0.25, 0.3) is 6.08 Å². The third kappa shape index (κ3) is 3.94. The third-order valence-electron chi connectivity index (χ3n) is 4.00. The molecule has 0 heterocycles. The van der Waals surface area contributed by atoms with Crippen LogP contribution in [0.4, 0.5) is 0 Å². The van der Waals surface area contributed by atoms with Crippen LogP contribution in [0.5, 0.6) is 0 Å². The molecule has 4 heteroatoms. The van der Waals surface area contributed by atoms with Gasteiger partial charge in [-0.05, 0) is 30.4 Å². The van der Waals surface area contributed by atoms with Gasteiger partial charge in [-0.25, -0.2) is 4.79 Å². The molecule has 1 amide bonds. The van der Waals surface area contributed by atoms with Gasteiger partial charge in [-0.2, -0.15) is 0 Å². The molecule has 1 aromatic carbocycles. The Balaban J connectivity index is 2.05. The fourth-order valence-electron chi connectivity index (χ4n) is 2.93. The zero-order valence-corrected chi connectivity index (χ0v) is 12.2. The summed E-state index contributed by atoms with van der Waals surface area (Å²) in [5, 5.41) is 12.2. The molecule has 0 aliphatic heterocycles. The Morgan fingerprint density at radius 3 is 2.67 bits per heavy atom. The highest BCUT2D eigenvalue weighted by Gasteiger charge is 2.42. The number of hydrogen-bond donors (Lipinski definition) is 2. The van der Waals surface area contributed by atoms with E-state index in [1.54, 1.807) is 6.08 Å². The summed E-state index contributed by atoms with van der Waals surface area (Å²) in [5.41, 5.74) is -0.204. The fraction of sp³-hybridized carbons (Fsp3) is 0.412. The van der Waals surface area contributed by atoms with Crippen LogP contribution in [-0.2, 0) is 9.59 Å². The van der Waals surface area contributed by atoms with Gasteiger partial charge in [0.05, 0.1) is 0 Å². The highest BCUT2D eigenvalue weighted by Crippen LogP contribution is 2.32. The van der Waals surface area contributed by atoms with E-state index in [4.69, 9.17) is 0 Å². The topological polar surface area (TPSA) is 66.4 Å². The van der Waals surface area contributed by atoms with Crippen molar-refractivity contribution in [3.63, 3.8) is 0 Å². The maximum atomic E-state index is 12.0. The van der Waals surface area contributed by atoms with Gasteiger partial charge < -0.3 is 10.4 Å². The average Bonchev–Trinajstić information content (AvgIpc) is 2.46. The minimum Gasteiger partial charge on any atom is -0.480 e. The Bertz CT molecular complexity index is 538. The molecule has 0 spiro atoms. The lowest BCUT2D eigenvalue weighted by Gasteiger charge is -2.36. The molecule has 1 aliphatic rings. The van der Waals surface area contributed by atoms with Crippen LogP contribution >= 0.6 is 0 Å². The number of amides is 1. The van der Waals surface area contributed by atoms with Crippen molar-refractivity contribution in [1.82, 2.24) is 5.32 Å². The predicted molar refractivity (Wildman–Crippen MR) is 81.6 cm³/mol. The molecule has 2 unspecified atom stereocenters. The number of aliphatic carboxylic acids is 1. The zero-order valence-electron chi connectivity index (χ0n) is 12.2. The first-order chi connectivity index (χ1) is 10.0. The van der Waals surface area contributed by atoms with E-state index < -0.39 is 11.5 Å². The molecular weight excluding hydrogens is 266 g/mol. The van der Waals surface area contributed by atoms with E-state index in [-0.39, 0.29) is 5.91 Å². The summed E-state index contributed by atoms with van der Waals surface area (Å²) >= 11 is 0. The summed E-state index contributed by atoms with van der Waals surface area (Å²) in [6, 6.07) is 9.46. The second-order valence-corrected chi connectivity index (χ2v) is 5.82. The van der Waals surface area contributed by atoms with Crippen LogP contribution in [0, 0.1) is 5.92 Å². The molecule has 2 rings (SSSR count). The maximum Gasteiger partial charge on any atom is 0.329 e. The fourth-order valence-corrected chi connectivity index (χ4v) is 2.93. The quantitative estimate of drug-likeness (QED) is 0.837. The van der Waals surface area contributed by atoms with Crippen molar-refractivity contribution in [3.05, 3.63) is 42.0 Å². The van der Waals surface area contributed by atoms with Gasteiger partial charge in [-0.3, -0.25) is 4.79 Å². The van der Waals surface area contributed by atoms with Gasteiger partial charge in [0, 0.05) is 6.08 Å². The van der Waals surface area contributed by atoms with E-state index >= 15 is 0 Å². The average molecular weight is 287 g/mol. The van der Waals surface area contributed by atoms with Gasteiger partial charge in [-0.15, -0.1) is 0 Å². The van der Waals surface area contributed by atoms with Crippen molar-refractivity contribution >= 4 is 18.0 Å². The van der Waals surface area contributed by atoms with Gasteiger partial charge in [0.2, 0.25) is 5.91 Å². The minimum atomic E-state index is -1.12. The molecule has 21 heavy (non-hydrogen) atoms. The molecule has 0 radical (unpaired) electrons. The molecule has 0 saturated heterocycles. The first-order valence-electron chi connectivity index (χ1n) is 7.30. The number of rotatable bonds is 4. The zero-order chi connectivity index (χ0) is 15.3. The molecule has 0 aromatic heterocycles. The Kier molecular flexibility index (Phi) is 4.78. The number of nitrogens with one attached hydrogen (secondary N) is 1. The van der Waals surface area contributed by atoms with Gasteiger partial charge in [0.15, 0.2) is 0 Å². The van der Waals surface area contributed by atoms with E-state index in [1.807, 2.05) is 37.3 Å². The second-order valence-electron chi connectivity index (χ2n) is 5.82. The minimum absolute atomic E-state index is 0.313. The molecule has 4 nitrogen and oxygen atoms in total. The molecule has 112 valence electrons. The Hall–Kier alpha value is -2.10. The van der Waals surface area contributed by atoms with E-state index in [0.29, 0.717) is 18.8 Å². The van der Waals surface area contributed by atoms with E-state index in [0.717, 1.165) is 18.4 Å². The summed E-state index contributed by atoms with van der Waals surface area (Å²) < 4.78 is 0. The van der Waals surface area contributed by atoms with Crippen molar-refractivity contribution in [2.45, 2.75) is 38.1 Å². The van der Waals surface area contributed by atoms with Crippen molar-refractivity contribution in [2.75, 3.05) is 0 Å². The number of carboxylic acid groups (broad SMARTS) is 1. The highest BCUT2D eigenvalue weighted by molar-refractivity contribution is 5.95. The second kappa shape index (κ2) is 6.57. The SMILES string of the molecule is CC1CCCC(NC(=O)/C=C/c2ccccc2)(C(=O)O)C1. The van der Waals surface area contributed by atoms with Gasteiger partial charge >= 0.3 is 5.97 Å². The van der Waals surface area contributed by atoms with Gasteiger partial charge in [-0.1, -0.05) is 50.1 Å². The normalized spacial score (nSPS) is 25.7. The number of carboxylic acids is 1. The van der Waals surface area contributed by atoms with Crippen molar-refractivity contribution in [1.29, 1.82) is 0 Å². The first-order valence-corrected chi connectivity index (χ1v) is 7.30. The molecular formula is C17H21NO3. The molecule has 0 bridgehead atoms. The lowest BCUT2D eigenvalue weighted by molar-refractivity contribution is -0.149. The summed E-state index contributed by atoms with van der Waals surface area (Å²) in [4.78, 5) is 23.6. The van der Waals surface area contributed by atoms with Crippen LogP contribution in [0.15, 0.2) is 36.4 Å². The third-order valence-corrected chi connectivity index (χ3v) is 4.00. The highest BCUT2D eigenvalue weighted by atomic mass is 16.4. The molecule has 1 aliphatic carbocycles. The molecule has 2 N–H and O–H groups in total. The van der Waals surface area contributed by atoms with Crippen LogP contribution in [0.1, 0.15) is 38.2 Å². The van der Waals surface area contributed by atoms with E-state index in [2.05, 4.69) is 5.32 Å². The number of benzene rings is 1. The number of carbonyl (C=O) groups excluding carboxylic acids is 1. The summed E-state index contributed by atoms with van der Waals surface area (Å²) in [6.45, 7) is 2.03. The number of carbonyl (C=O) groups is 2. The Morgan fingerprint density at radius 1 is 1.33 bits per heavy atom. The summed E-state index contributed by atoms with van der Waals surface area (Å²) in [7, 11) is 0. The number of hydrogen-bond acceptors (Lipinski definition) is 2. The molecule has 1 fully saturated rings. The monoisotopic (exact) mass is 287 g/mol. The lowest BCUT2D eigenvalue weighted by atomic mass is 9.76. The summed E-state index contributed by atoms with van der Waals surface area (Å²) in [5.74, 6) is -0.973. The van der Waals surface area contributed by atoms with Crippen LogP contribution < -0.4 is 5.32 Å². The molecule has 1 saturated carbocycles. The van der Waals surface area contributed by atoms with Crippen LogP contribution in [-0.4, -0.2) is 22.5 Å². The first kappa shape index (κ1) is 15.3. The standard InChI is InChI=1S/C17H21NO3/c1-13-6-5-11-17(12-13,16(20)21)18-15(19)10-9-14-7-3-2-4-8-14/h2-4,7-10,13H,5-6,11-12H2,1H3,(H,18,19)(H,20,21)/b10-9+. The van der Waals surface area contributed by atoms with Crippen molar-refractivity contribution in [2.24, 2.45) is 5.92 Å². The van der Waals surface area contributed by atoms with Crippen molar-refractivity contribution in [3.8, 4) is 0 Å². The Morgan fingerprint density at radius 2 is 2.05 bits per heavy atom. The van der Waals surface area contributed by atoms with E-state index in [9.17, 15) is 14.7 Å². The van der Waals surface area contributed by atoms with Gasteiger partial charge in [0.25, 0.3) is 0 Å². The Labute approximate surface area is 124 Å². The predicted octanol–water partition coefficient (Wildman–Crippen LogP) is 2.85. The molecule has 2 atom stereocenters. The largest absolute Gasteiger partial charge is 0.480 e. The van der Waals surface area contributed by atoms with Gasteiger partial charge in [0.1, 0.15) is 5.54 Å². The molecule has 1 aromatic rings. The maximum absolute atomic E-state index is 12.0. The van der Waals surface area contributed by atoms with E-state index in [1.165, 1.54) is 6.08 Å². The summed E-state index contributed by atoms with van der Waals surface area (Å²) in [6.07, 6.45) is 5.93. The van der Waals surface area contributed by atoms with Crippen LogP contribution in [0.3, 0.4) is 0 Å². The lowest BCUT2D eigenvalue weighted by Crippen LogP contribution is -2.56. The smallest absolute Gasteiger partial charge is 0.329 e. The van der Waals surface area contributed by atoms with Crippen LogP contribution in [0.2, 0.25) is 0 Å². The van der Waals surface area contributed by atoms with Crippen molar-refractivity contribution < 1.29 is 14.7 Å².